The monoisotopic (exact) mass is 444 g/mol. The van der Waals surface area contributed by atoms with Crippen LogP contribution in [0.15, 0.2) is 48.5 Å². The van der Waals surface area contributed by atoms with Gasteiger partial charge in [-0.2, -0.15) is 0 Å². The first-order valence-corrected chi connectivity index (χ1v) is 11.2. The highest BCUT2D eigenvalue weighted by Crippen LogP contribution is 2.20. The molecule has 1 atom stereocenters. The van der Waals surface area contributed by atoms with E-state index in [1.54, 1.807) is 17.9 Å². The van der Waals surface area contributed by atoms with Crippen LogP contribution in [0.3, 0.4) is 0 Å². The lowest BCUT2D eigenvalue weighted by Crippen LogP contribution is -2.48. The second kappa shape index (κ2) is 12.4. The van der Waals surface area contributed by atoms with Crippen molar-refractivity contribution in [3.63, 3.8) is 0 Å². The molecule has 0 saturated heterocycles. The van der Waals surface area contributed by atoms with Gasteiger partial charge in [0.05, 0.1) is 6.61 Å². The number of carbonyl (C=O) groups excluding carboxylic acids is 2. The molecule has 1 N–H and O–H groups in total. The lowest BCUT2D eigenvalue weighted by Gasteiger charge is -2.29. The number of carbonyl (C=O) groups is 2. The Balaban J connectivity index is 2.00. The fourth-order valence-electron chi connectivity index (χ4n) is 3.04. The number of halogens is 1. The lowest BCUT2D eigenvalue weighted by atomic mass is 10.1. The largest absolute Gasteiger partial charge is 0.494 e. The average molecular weight is 445 g/mol. The molecule has 0 saturated carbocycles. The van der Waals surface area contributed by atoms with Crippen LogP contribution >= 0.6 is 11.6 Å². The molecule has 0 aliphatic carbocycles. The van der Waals surface area contributed by atoms with Crippen LogP contribution in [0.25, 0.3) is 0 Å². The van der Waals surface area contributed by atoms with Crippen molar-refractivity contribution in [1.29, 1.82) is 0 Å². The summed E-state index contributed by atoms with van der Waals surface area (Å²) in [6, 6.07) is 14.6. The minimum atomic E-state index is -0.597. The van der Waals surface area contributed by atoms with Gasteiger partial charge in [0.15, 0.2) is 0 Å². The van der Waals surface area contributed by atoms with Crippen LogP contribution in [0.2, 0.25) is 5.02 Å². The molecule has 0 heterocycles. The van der Waals surface area contributed by atoms with Crippen LogP contribution in [-0.2, 0) is 16.1 Å². The number of rotatable bonds is 11. The highest BCUT2D eigenvalue weighted by molar-refractivity contribution is 6.31. The van der Waals surface area contributed by atoms with Crippen molar-refractivity contribution in [1.82, 2.24) is 10.2 Å². The molecule has 0 aliphatic rings. The number of hydrogen-bond acceptors (Lipinski definition) is 3. The molecule has 2 amide bonds. The second-order valence-electron chi connectivity index (χ2n) is 8.19. The van der Waals surface area contributed by atoms with E-state index < -0.39 is 6.04 Å². The first-order chi connectivity index (χ1) is 14.8. The number of ether oxygens (including phenoxy) is 1. The van der Waals surface area contributed by atoms with Gasteiger partial charge in [0.2, 0.25) is 11.8 Å². The summed E-state index contributed by atoms with van der Waals surface area (Å²) in [6.07, 6.45) is 0.851. The molecule has 2 aromatic rings. The van der Waals surface area contributed by atoms with E-state index >= 15 is 0 Å². The summed E-state index contributed by atoms with van der Waals surface area (Å²) in [6.45, 7) is 9.14. The first kappa shape index (κ1) is 24.7. The third kappa shape index (κ3) is 8.25. The molecule has 0 aromatic heterocycles. The number of hydrogen-bond donors (Lipinski definition) is 1. The van der Waals surface area contributed by atoms with E-state index in [9.17, 15) is 9.59 Å². The second-order valence-corrected chi connectivity index (χ2v) is 8.60. The van der Waals surface area contributed by atoms with Crippen LogP contribution in [0.1, 0.15) is 44.7 Å². The minimum Gasteiger partial charge on any atom is -0.494 e. The van der Waals surface area contributed by atoms with Crippen molar-refractivity contribution < 1.29 is 14.3 Å². The average Bonchev–Trinajstić information content (AvgIpc) is 2.75. The summed E-state index contributed by atoms with van der Waals surface area (Å²) in [5.74, 6) is 0.861. The molecule has 6 heteroatoms. The number of nitrogens with one attached hydrogen (secondary N) is 1. The van der Waals surface area contributed by atoms with Gasteiger partial charge in [0.25, 0.3) is 0 Å². The van der Waals surface area contributed by atoms with E-state index in [0.717, 1.165) is 11.3 Å². The molecular weight excluding hydrogens is 412 g/mol. The lowest BCUT2D eigenvalue weighted by molar-refractivity contribution is -0.140. The number of benzene rings is 2. The Hall–Kier alpha value is -2.53. The summed E-state index contributed by atoms with van der Waals surface area (Å²) in [5.41, 5.74) is 1.99. The van der Waals surface area contributed by atoms with E-state index in [1.165, 1.54) is 5.56 Å². The van der Waals surface area contributed by atoms with Gasteiger partial charge in [-0.05, 0) is 49.9 Å². The van der Waals surface area contributed by atoms with Gasteiger partial charge in [0, 0.05) is 24.5 Å². The van der Waals surface area contributed by atoms with Gasteiger partial charge in [0.1, 0.15) is 11.8 Å². The Morgan fingerprint density at radius 1 is 1.06 bits per heavy atom. The fraction of sp³-hybridized carbons (Fsp3) is 0.440. The number of aryl methyl sites for hydroxylation is 1. The SMILES string of the molecule is Cc1ccc(OCCCC(=O)N(Cc2ccccc2Cl)[C@H](C)C(=O)NCC(C)C)cc1. The number of amides is 2. The van der Waals surface area contributed by atoms with Crippen LogP contribution in [0.5, 0.6) is 5.75 Å². The van der Waals surface area contributed by atoms with Crippen molar-refractivity contribution in [3.05, 3.63) is 64.7 Å². The van der Waals surface area contributed by atoms with Crippen molar-refractivity contribution in [2.75, 3.05) is 13.2 Å². The van der Waals surface area contributed by atoms with Gasteiger partial charge in [-0.3, -0.25) is 9.59 Å². The molecule has 2 rings (SSSR count). The van der Waals surface area contributed by atoms with E-state index in [4.69, 9.17) is 16.3 Å². The van der Waals surface area contributed by atoms with Gasteiger partial charge in [-0.25, -0.2) is 0 Å². The van der Waals surface area contributed by atoms with Gasteiger partial charge in [-0.1, -0.05) is 61.3 Å². The van der Waals surface area contributed by atoms with E-state index in [0.29, 0.717) is 30.5 Å². The maximum atomic E-state index is 13.0. The smallest absolute Gasteiger partial charge is 0.242 e. The highest BCUT2D eigenvalue weighted by Gasteiger charge is 2.26. The van der Waals surface area contributed by atoms with E-state index in [1.807, 2.05) is 63.2 Å². The minimum absolute atomic E-state index is 0.0976. The van der Waals surface area contributed by atoms with Crippen LogP contribution < -0.4 is 10.1 Å². The maximum absolute atomic E-state index is 13.0. The van der Waals surface area contributed by atoms with Gasteiger partial charge >= 0.3 is 0 Å². The quantitative estimate of drug-likeness (QED) is 0.496. The molecule has 0 radical (unpaired) electrons. The third-order valence-electron chi connectivity index (χ3n) is 4.98. The Labute approximate surface area is 190 Å². The van der Waals surface area contributed by atoms with Gasteiger partial charge in [-0.15, -0.1) is 0 Å². The summed E-state index contributed by atoms with van der Waals surface area (Å²) in [5, 5.41) is 3.50. The van der Waals surface area contributed by atoms with E-state index in [2.05, 4.69) is 5.32 Å². The number of nitrogens with zero attached hydrogens (tertiary/aromatic N) is 1. The van der Waals surface area contributed by atoms with E-state index in [-0.39, 0.29) is 24.8 Å². The predicted octanol–water partition coefficient (Wildman–Crippen LogP) is 5.00. The molecule has 0 fully saturated rings. The molecule has 0 spiro atoms. The zero-order valence-corrected chi connectivity index (χ0v) is 19.6. The summed E-state index contributed by atoms with van der Waals surface area (Å²) in [7, 11) is 0. The zero-order chi connectivity index (χ0) is 22.8. The Morgan fingerprint density at radius 2 is 1.74 bits per heavy atom. The summed E-state index contributed by atoms with van der Waals surface area (Å²) in [4.78, 5) is 27.3. The van der Waals surface area contributed by atoms with Gasteiger partial charge < -0.3 is 15.0 Å². The molecule has 0 bridgehead atoms. The first-order valence-electron chi connectivity index (χ1n) is 10.8. The Morgan fingerprint density at radius 3 is 2.39 bits per heavy atom. The fourth-order valence-corrected chi connectivity index (χ4v) is 3.23. The Kier molecular flexibility index (Phi) is 9.86. The van der Waals surface area contributed by atoms with Crippen molar-refractivity contribution >= 4 is 23.4 Å². The molecule has 31 heavy (non-hydrogen) atoms. The summed E-state index contributed by atoms with van der Waals surface area (Å²) < 4.78 is 5.73. The predicted molar refractivity (Wildman–Crippen MR) is 125 cm³/mol. The molecule has 2 aromatic carbocycles. The highest BCUT2D eigenvalue weighted by atomic mass is 35.5. The topological polar surface area (TPSA) is 58.6 Å². The normalized spacial score (nSPS) is 11.8. The molecule has 0 unspecified atom stereocenters. The third-order valence-corrected chi connectivity index (χ3v) is 5.34. The zero-order valence-electron chi connectivity index (χ0n) is 18.9. The maximum Gasteiger partial charge on any atom is 0.242 e. The van der Waals surface area contributed by atoms with Crippen LogP contribution in [0.4, 0.5) is 0 Å². The van der Waals surface area contributed by atoms with Crippen molar-refractivity contribution in [2.45, 2.75) is 53.1 Å². The Bertz CT molecular complexity index is 852. The standard InChI is InChI=1S/C25H33ClN2O3/c1-18(2)16-27-25(30)20(4)28(17-21-8-5-6-9-23(21)26)24(29)10-7-15-31-22-13-11-19(3)12-14-22/h5-6,8-9,11-14,18,20H,7,10,15-17H2,1-4H3,(H,27,30)/t20-/m1/s1. The molecule has 5 nitrogen and oxygen atoms in total. The van der Waals surface area contributed by atoms with Crippen LogP contribution in [-0.4, -0.2) is 35.9 Å². The molecular formula is C25H33ClN2O3. The summed E-state index contributed by atoms with van der Waals surface area (Å²) >= 11 is 6.31. The van der Waals surface area contributed by atoms with Crippen molar-refractivity contribution in [3.8, 4) is 5.75 Å². The van der Waals surface area contributed by atoms with Crippen LogP contribution in [0, 0.1) is 12.8 Å². The van der Waals surface area contributed by atoms with Crippen molar-refractivity contribution in [2.24, 2.45) is 5.92 Å². The molecule has 168 valence electrons. The molecule has 0 aliphatic heterocycles.